The average molecular weight is 303 g/mol. The van der Waals surface area contributed by atoms with E-state index in [0.29, 0.717) is 12.6 Å². The van der Waals surface area contributed by atoms with E-state index in [1.54, 1.807) is 0 Å². The first-order valence-electron chi connectivity index (χ1n) is 6.68. The number of nitro groups is 1. The Morgan fingerprint density at radius 3 is 2.76 bits per heavy atom. The molecule has 5 nitrogen and oxygen atoms in total. The summed E-state index contributed by atoms with van der Waals surface area (Å²) in [7, 11) is 0. The highest BCUT2D eigenvalue weighted by molar-refractivity contribution is 5.57. The third-order valence-electron chi connectivity index (χ3n) is 3.50. The van der Waals surface area contributed by atoms with Crippen LogP contribution in [0.15, 0.2) is 18.2 Å². The van der Waals surface area contributed by atoms with E-state index in [2.05, 4.69) is 10.6 Å². The second kappa shape index (κ2) is 6.30. The number of alkyl halides is 3. The average Bonchev–Trinajstić information content (AvgIpc) is 2.45. The van der Waals surface area contributed by atoms with Crippen molar-refractivity contribution in [3.63, 3.8) is 0 Å². The fourth-order valence-corrected chi connectivity index (χ4v) is 2.39. The molecule has 1 fully saturated rings. The van der Waals surface area contributed by atoms with E-state index in [9.17, 15) is 23.3 Å². The molecule has 0 spiro atoms. The molecule has 1 aromatic carbocycles. The summed E-state index contributed by atoms with van der Waals surface area (Å²) in [4.78, 5) is 9.78. The van der Waals surface area contributed by atoms with Gasteiger partial charge in [0.25, 0.3) is 5.69 Å². The van der Waals surface area contributed by atoms with Gasteiger partial charge in [0.1, 0.15) is 0 Å². The van der Waals surface area contributed by atoms with Crippen LogP contribution in [0.1, 0.15) is 18.4 Å². The van der Waals surface area contributed by atoms with Crippen LogP contribution in [0.3, 0.4) is 0 Å². The molecule has 1 aliphatic rings. The molecule has 1 aliphatic heterocycles. The summed E-state index contributed by atoms with van der Waals surface area (Å²) >= 11 is 0. The predicted molar refractivity (Wildman–Crippen MR) is 72.2 cm³/mol. The number of non-ortho nitro benzene ring substituents is 1. The molecular weight excluding hydrogens is 287 g/mol. The Labute approximate surface area is 119 Å². The van der Waals surface area contributed by atoms with Crippen molar-refractivity contribution in [2.45, 2.75) is 19.0 Å². The Balaban J connectivity index is 2.15. The van der Waals surface area contributed by atoms with Crippen molar-refractivity contribution >= 4 is 11.4 Å². The highest BCUT2D eigenvalue weighted by Crippen LogP contribution is 2.37. The molecule has 1 aromatic rings. The van der Waals surface area contributed by atoms with E-state index in [4.69, 9.17) is 0 Å². The molecule has 2 N–H and O–H groups in total. The second-order valence-corrected chi connectivity index (χ2v) is 5.08. The lowest BCUT2D eigenvalue weighted by molar-refractivity contribution is -0.385. The summed E-state index contributed by atoms with van der Waals surface area (Å²) in [6.45, 7) is 2.11. The summed E-state index contributed by atoms with van der Waals surface area (Å²) in [6.07, 6.45) is -2.67. The van der Waals surface area contributed by atoms with Gasteiger partial charge in [0.2, 0.25) is 0 Å². The first kappa shape index (κ1) is 15.6. The van der Waals surface area contributed by atoms with Gasteiger partial charge < -0.3 is 10.6 Å². The Kier molecular flexibility index (Phi) is 4.66. The van der Waals surface area contributed by atoms with Crippen LogP contribution in [0.25, 0.3) is 0 Å². The third-order valence-corrected chi connectivity index (χ3v) is 3.50. The summed E-state index contributed by atoms with van der Waals surface area (Å²) in [6, 6.07) is 2.77. The smallest absolute Gasteiger partial charge is 0.384 e. The number of nitro benzene ring substituents is 1. The normalized spacial score (nSPS) is 19.3. The zero-order valence-electron chi connectivity index (χ0n) is 11.2. The van der Waals surface area contributed by atoms with Gasteiger partial charge in [0.15, 0.2) is 0 Å². The van der Waals surface area contributed by atoms with Gasteiger partial charge in [-0.25, -0.2) is 0 Å². The summed E-state index contributed by atoms with van der Waals surface area (Å²) in [5.41, 5.74) is -1.67. The molecular formula is C13H16F3N3O2. The van der Waals surface area contributed by atoms with Crippen LogP contribution >= 0.6 is 0 Å². The Hall–Kier alpha value is -1.83. The lowest BCUT2D eigenvalue weighted by Crippen LogP contribution is -2.33. The quantitative estimate of drug-likeness (QED) is 0.663. The van der Waals surface area contributed by atoms with Gasteiger partial charge in [0.05, 0.1) is 10.5 Å². The zero-order chi connectivity index (χ0) is 15.5. The molecule has 0 saturated carbocycles. The lowest BCUT2D eigenvalue weighted by Gasteiger charge is -2.24. The third kappa shape index (κ3) is 4.07. The van der Waals surface area contributed by atoms with Crippen LogP contribution in [0.5, 0.6) is 0 Å². The molecule has 21 heavy (non-hydrogen) atoms. The van der Waals surface area contributed by atoms with E-state index in [1.807, 2.05) is 0 Å². The van der Waals surface area contributed by atoms with Crippen LogP contribution in [-0.4, -0.2) is 24.6 Å². The molecule has 0 aromatic heterocycles. The molecule has 116 valence electrons. The minimum Gasteiger partial charge on any atom is -0.384 e. The highest BCUT2D eigenvalue weighted by atomic mass is 19.4. The van der Waals surface area contributed by atoms with Crippen LogP contribution in [0.4, 0.5) is 24.5 Å². The fourth-order valence-electron chi connectivity index (χ4n) is 2.39. The Morgan fingerprint density at radius 1 is 1.43 bits per heavy atom. The van der Waals surface area contributed by atoms with Crippen molar-refractivity contribution in [2.75, 3.05) is 25.0 Å². The first-order valence-corrected chi connectivity index (χ1v) is 6.68. The minimum atomic E-state index is -4.63. The van der Waals surface area contributed by atoms with E-state index in [-0.39, 0.29) is 11.6 Å². The van der Waals surface area contributed by atoms with Crippen LogP contribution in [0.2, 0.25) is 0 Å². The van der Waals surface area contributed by atoms with Crippen molar-refractivity contribution in [1.29, 1.82) is 0 Å². The second-order valence-electron chi connectivity index (χ2n) is 5.08. The standard InChI is InChI=1S/C13H16F3N3O2/c14-13(15,16)11-6-10(19(20)21)3-4-12(11)18-8-9-2-1-5-17-7-9/h3-4,6,9,17-18H,1-2,5,7-8H2. The molecule has 1 atom stereocenters. The van der Waals surface area contributed by atoms with Gasteiger partial charge >= 0.3 is 6.18 Å². The summed E-state index contributed by atoms with van der Waals surface area (Å²) in [5.74, 6) is 0.259. The van der Waals surface area contributed by atoms with Gasteiger partial charge in [-0.05, 0) is 37.9 Å². The van der Waals surface area contributed by atoms with Crippen LogP contribution in [-0.2, 0) is 6.18 Å². The number of rotatable bonds is 4. The molecule has 0 radical (unpaired) electrons. The maximum absolute atomic E-state index is 13.0. The number of anilines is 1. The SMILES string of the molecule is O=[N+]([O-])c1ccc(NCC2CCCNC2)c(C(F)(F)F)c1. The zero-order valence-corrected chi connectivity index (χ0v) is 11.2. The number of piperidine rings is 1. The molecule has 8 heteroatoms. The van der Waals surface area contributed by atoms with Gasteiger partial charge in [-0.15, -0.1) is 0 Å². The summed E-state index contributed by atoms with van der Waals surface area (Å²) < 4.78 is 38.9. The van der Waals surface area contributed by atoms with E-state index < -0.39 is 22.4 Å². The minimum absolute atomic E-state index is 0.112. The van der Waals surface area contributed by atoms with E-state index in [0.717, 1.165) is 38.1 Å². The molecule has 0 aliphatic carbocycles. The topological polar surface area (TPSA) is 67.2 Å². The van der Waals surface area contributed by atoms with E-state index in [1.165, 1.54) is 0 Å². The number of nitrogens with zero attached hydrogens (tertiary/aromatic N) is 1. The van der Waals surface area contributed by atoms with Crippen molar-refractivity contribution in [1.82, 2.24) is 5.32 Å². The number of hydrogen-bond donors (Lipinski definition) is 2. The number of benzene rings is 1. The number of nitrogens with one attached hydrogen (secondary N) is 2. The Bertz CT molecular complexity index is 514. The Morgan fingerprint density at radius 2 is 2.19 bits per heavy atom. The molecule has 0 amide bonds. The highest BCUT2D eigenvalue weighted by Gasteiger charge is 2.35. The van der Waals surface area contributed by atoms with Crippen LogP contribution < -0.4 is 10.6 Å². The van der Waals surface area contributed by atoms with Crippen LogP contribution in [0, 0.1) is 16.0 Å². The maximum Gasteiger partial charge on any atom is 0.418 e. The molecule has 0 bridgehead atoms. The maximum atomic E-state index is 13.0. The van der Waals surface area contributed by atoms with Crippen molar-refractivity contribution in [3.05, 3.63) is 33.9 Å². The number of halogens is 3. The van der Waals surface area contributed by atoms with Gasteiger partial charge in [-0.3, -0.25) is 10.1 Å². The largest absolute Gasteiger partial charge is 0.418 e. The lowest BCUT2D eigenvalue weighted by atomic mass is 9.99. The molecule has 1 saturated heterocycles. The first-order chi connectivity index (χ1) is 9.88. The van der Waals surface area contributed by atoms with Gasteiger partial charge in [-0.2, -0.15) is 13.2 Å². The van der Waals surface area contributed by atoms with Crippen molar-refractivity contribution in [2.24, 2.45) is 5.92 Å². The van der Waals surface area contributed by atoms with Gasteiger partial charge in [-0.1, -0.05) is 0 Å². The van der Waals surface area contributed by atoms with Crippen molar-refractivity contribution < 1.29 is 18.1 Å². The number of hydrogen-bond acceptors (Lipinski definition) is 4. The predicted octanol–water partition coefficient (Wildman–Crippen LogP) is 3.03. The van der Waals surface area contributed by atoms with Crippen molar-refractivity contribution in [3.8, 4) is 0 Å². The molecule has 1 heterocycles. The molecule has 2 rings (SSSR count). The fraction of sp³-hybridized carbons (Fsp3) is 0.538. The summed E-state index contributed by atoms with van der Waals surface area (Å²) in [5, 5.41) is 16.6. The van der Waals surface area contributed by atoms with E-state index >= 15 is 0 Å². The monoisotopic (exact) mass is 303 g/mol. The molecule has 1 unspecified atom stereocenters. The van der Waals surface area contributed by atoms with Gasteiger partial charge in [0, 0.05) is 24.4 Å².